The van der Waals surface area contributed by atoms with E-state index in [1.165, 1.54) is 6.92 Å². The van der Waals surface area contributed by atoms with Crippen LogP contribution in [0.3, 0.4) is 0 Å². The van der Waals surface area contributed by atoms with E-state index in [2.05, 4.69) is 10.3 Å². The minimum absolute atomic E-state index is 0.0697. The van der Waals surface area contributed by atoms with Crippen molar-refractivity contribution in [1.82, 2.24) is 14.9 Å². The fourth-order valence-electron chi connectivity index (χ4n) is 3.30. The van der Waals surface area contributed by atoms with E-state index in [0.717, 1.165) is 31.5 Å². The van der Waals surface area contributed by atoms with Crippen LogP contribution in [-0.4, -0.2) is 33.1 Å². The number of amides is 1. The standard InChI is InChI=1S/C21H27N3O4/c1-13(18(25)23-21(2,3)4)28-20(27)14-9-10-15-16(12-14)22-17-8-6-5-7-11-24(17)19(15)26/h9-10,12-13H,5-8,11H2,1-4H3,(H,23,25)/t13-/m0/s1. The molecule has 3 rings (SSSR count). The molecule has 0 bridgehead atoms. The van der Waals surface area contributed by atoms with E-state index in [0.29, 0.717) is 17.4 Å². The highest BCUT2D eigenvalue weighted by Gasteiger charge is 2.23. The van der Waals surface area contributed by atoms with Gasteiger partial charge in [-0.1, -0.05) is 6.42 Å². The molecule has 0 fully saturated rings. The van der Waals surface area contributed by atoms with Crippen LogP contribution < -0.4 is 10.9 Å². The van der Waals surface area contributed by atoms with E-state index in [1.807, 2.05) is 20.8 Å². The number of hydrogen-bond acceptors (Lipinski definition) is 5. The number of aryl methyl sites for hydroxylation is 1. The van der Waals surface area contributed by atoms with Crippen LogP contribution in [0.25, 0.3) is 10.9 Å². The van der Waals surface area contributed by atoms with Gasteiger partial charge in [0.2, 0.25) is 0 Å². The van der Waals surface area contributed by atoms with Crippen LogP contribution in [-0.2, 0) is 22.5 Å². The first kappa shape index (κ1) is 20.0. The SMILES string of the molecule is C[C@H](OC(=O)c1ccc2c(=O)n3c(nc2c1)CCCCC3)C(=O)NC(C)(C)C. The maximum Gasteiger partial charge on any atom is 0.338 e. The molecule has 7 nitrogen and oxygen atoms in total. The van der Waals surface area contributed by atoms with Crippen molar-refractivity contribution in [2.45, 2.75) is 71.6 Å². The van der Waals surface area contributed by atoms with Crippen molar-refractivity contribution in [3.8, 4) is 0 Å². The van der Waals surface area contributed by atoms with Crippen LogP contribution in [0, 0.1) is 0 Å². The second-order valence-corrected chi connectivity index (χ2v) is 8.31. The third-order valence-corrected chi connectivity index (χ3v) is 4.70. The fraction of sp³-hybridized carbons (Fsp3) is 0.524. The number of esters is 1. The molecule has 1 aliphatic heterocycles. The van der Waals surface area contributed by atoms with Crippen molar-refractivity contribution in [2.75, 3.05) is 0 Å². The molecule has 28 heavy (non-hydrogen) atoms. The van der Waals surface area contributed by atoms with Crippen LogP contribution in [0.1, 0.15) is 63.1 Å². The van der Waals surface area contributed by atoms with Gasteiger partial charge in [-0.25, -0.2) is 9.78 Å². The predicted molar refractivity (Wildman–Crippen MR) is 106 cm³/mol. The molecule has 1 amide bonds. The molecule has 2 heterocycles. The number of carbonyl (C=O) groups excluding carboxylic acids is 2. The van der Waals surface area contributed by atoms with Crippen LogP contribution in [0.2, 0.25) is 0 Å². The Kier molecular flexibility index (Phi) is 5.54. The van der Waals surface area contributed by atoms with Crippen LogP contribution in [0.15, 0.2) is 23.0 Å². The van der Waals surface area contributed by atoms with E-state index >= 15 is 0 Å². The highest BCUT2D eigenvalue weighted by Crippen LogP contribution is 2.17. The lowest BCUT2D eigenvalue weighted by Crippen LogP contribution is -2.46. The Hall–Kier alpha value is -2.70. The Labute approximate surface area is 164 Å². The van der Waals surface area contributed by atoms with Crippen LogP contribution in [0.5, 0.6) is 0 Å². The average molecular weight is 385 g/mol. The molecule has 0 saturated carbocycles. The van der Waals surface area contributed by atoms with Gasteiger partial charge in [-0.15, -0.1) is 0 Å². The van der Waals surface area contributed by atoms with Crippen molar-refractivity contribution in [2.24, 2.45) is 0 Å². The summed E-state index contributed by atoms with van der Waals surface area (Å²) in [6, 6.07) is 4.73. The van der Waals surface area contributed by atoms with Crippen molar-refractivity contribution in [3.63, 3.8) is 0 Å². The van der Waals surface area contributed by atoms with E-state index in [1.54, 1.807) is 22.8 Å². The summed E-state index contributed by atoms with van der Waals surface area (Å²) in [5, 5.41) is 3.27. The second kappa shape index (κ2) is 7.73. The third kappa shape index (κ3) is 4.40. The smallest absolute Gasteiger partial charge is 0.338 e. The topological polar surface area (TPSA) is 90.3 Å². The summed E-state index contributed by atoms with van der Waals surface area (Å²) < 4.78 is 7.04. The predicted octanol–water partition coefficient (Wildman–Crippen LogP) is 2.58. The summed E-state index contributed by atoms with van der Waals surface area (Å²) in [6.07, 6.45) is 2.88. The number of nitrogens with one attached hydrogen (secondary N) is 1. The molecule has 1 atom stereocenters. The first-order valence-electron chi connectivity index (χ1n) is 9.72. The zero-order valence-corrected chi connectivity index (χ0v) is 16.9. The van der Waals surface area contributed by atoms with Gasteiger partial charge in [0.15, 0.2) is 6.10 Å². The summed E-state index contributed by atoms with van der Waals surface area (Å²) in [6.45, 7) is 7.79. The molecule has 0 unspecified atom stereocenters. The molecule has 0 saturated heterocycles. The molecule has 0 spiro atoms. The fourth-order valence-corrected chi connectivity index (χ4v) is 3.30. The highest BCUT2D eigenvalue weighted by atomic mass is 16.5. The number of carbonyl (C=O) groups is 2. The Balaban J connectivity index is 1.85. The molecular formula is C21H27N3O4. The zero-order valence-electron chi connectivity index (χ0n) is 16.9. The minimum Gasteiger partial charge on any atom is -0.449 e. The lowest BCUT2D eigenvalue weighted by atomic mass is 10.1. The van der Waals surface area contributed by atoms with E-state index < -0.39 is 17.6 Å². The van der Waals surface area contributed by atoms with Gasteiger partial charge in [-0.2, -0.15) is 0 Å². The van der Waals surface area contributed by atoms with Crippen LogP contribution >= 0.6 is 0 Å². The Bertz CT molecular complexity index is 972. The van der Waals surface area contributed by atoms with Gasteiger partial charge in [-0.3, -0.25) is 14.2 Å². The van der Waals surface area contributed by atoms with Gasteiger partial charge in [-0.05, 0) is 58.7 Å². The number of fused-ring (bicyclic) bond motifs is 2. The third-order valence-electron chi connectivity index (χ3n) is 4.70. The molecule has 1 aromatic heterocycles. The number of aromatic nitrogens is 2. The van der Waals surface area contributed by atoms with E-state index in [9.17, 15) is 14.4 Å². The maximum atomic E-state index is 12.8. The van der Waals surface area contributed by atoms with Gasteiger partial charge in [0.1, 0.15) is 5.82 Å². The van der Waals surface area contributed by atoms with Crippen molar-refractivity contribution in [1.29, 1.82) is 0 Å². The summed E-state index contributed by atoms with van der Waals surface area (Å²) in [4.78, 5) is 42.0. The number of ether oxygens (including phenoxy) is 1. The molecule has 1 aromatic carbocycles. The summed E-state index contributed by atoms with van der Waals surface area (Å²) >= 11 is 0. The molecule has 7 heteroatoms. The van der Waals surface area contributed by atoms with Gasteiger partial charge in [0.05, 0.1) is 16.5 Å². The molecule has 1 aliphatic rings. The van der Waals surface area contributed by atoms with Gasteiger partial charge >= 0.3 is 5.97 Å². The van der Waals surface area contributed by atoms with Gasteiger partial charge in [0.25, 0.3) is 11.5 Å². The maximum absolute atomic E-state index is 12.8. The molecule has 0 aliphatic carbocycles. The monoisotopic (exact) mass is 385 g/mol. The number of nitrogens with zero attached hydrogens (tertiary/aromatic N) is 2. The van der Waals surface area contributed by atoms with Crippen molar-refractivity contribution in [3.05, 3.63) is 39.9 Å². The highest BCUT2D eigenvalue weighted by molar-refractivity contribution is 5.95. The average Bonchev–Trinajstić information content (AvgIpc) is 2.85. The number of rotatable bonds is 3. The molecule has 0 radical (unpaired) electrons. The second-order valence-electron chi connectivity index (χ2n) is 8.31. The summed E-state index contributed by atoms with van der Waals surface area (Å²) in [7, 11) is 0. The Morgan fingerprint density at radius 3 is 2.68 bits per heavy atom. The van der Waals surface area contributed by atoms with Gasteiger partial charge in [0, 0.05) is 18.5 Å². The molecule has 150 valence electrons. The first-order chi connectivity index (χ1) is 13.2. The summed E-state index contributed by atoms with van der Waals surface area (Å²) in [5.41, 5.74) is 0.275. The normalized spacial score (nSPS) is 15.4. The van der Waals surface area contributed by atoms with Crippen molar-refractivity contribution >= 4 is 22.8 Å². The largest absolute Gasteiger partial charge is 0.449 e. The van der Waals surface area contributed by atoms with Crippen LogP contribution in [0.4, 0.5) is 0 Å². The molecule has 1 N–H and O–H groups in total. The quantitative estimate of drug-likeness (QED) is 0.820. The number of hydrogen-bond donors (Lipinski definition) is 1. The lowest BCUT2D eigenvalue weighted by molar-refractivity contribution is -0.130. The van der Waals surface area contributed by atoms with Gasteiger partial charge < -0.3 is 10.1 Å². The minimum atomic E-state index is -0.923. The molecule has 2 aromatic rings. The van der Waals surface area contributed by atoms with E-state index in [-0.39, 0.29) is 17.0 Å². The Morgan fingerprint density at radius 2 is 1.96 bits per heavy atom. The first-order valence-corrected chi connectivity index (χ1v) is 9.72. The number of benzene rings is 1. The van der Waals surface area contributed by atoms with Crippen molar-refractivity contribution < 1.29 is 14.3 Å². The van der Waals surface area contributed by atoms with E-state index in [4.69, 9.17) is 4.74 Å². The zero-order chi connectivity index (χ0) is 20.5. The lowest BCUT2D eigenvalue weighted by Gasteiger charge is -2.23. The Morgan fingerprint density at radius 1 is 1.21 bits per heavy atom. The molecular weight excluding hydrogens is 358 g/mol. The summed E-state index contributed by atoms with van der Waals surface area (Å²) in [5.74, 6) is -0.211.